The fraction of sp³-hybridized carbons (Fsp3) is 0.500. The molecule has 1 aliphatic heterocycles. The van der Waals surface area contributed by atoms with Crippen LogP contribution in [0, 0.1) is 6.92 Å². The summed E-state index contributed by atoms with van der Waals surface area (Å²) < 4.78 is 26.4. The number of rotatable bonds is 2. The second-order valence-electron chi connectivity index (χ2n) is 4.53. The molecule has 0 spiro atoms. The van der Waals surface area contributed by atoms with Crippen LogP contribution in [0.1, 0.15) is 18.4 Å². The van der Waals surface area contributed by atoms with E-state index in [0.29, 0.717) is 18.0 Å². The summed E-state index contributed by atoms with van der Waals surface area (Å²) in [7, 11) is -3.37. The molecule has 1 saturated heterocycles. The largest absolute Gasteiger partial charge is 0.327 e. The molecule has 1 aliphatic rings. The zero-order chi connectivity index (χ0) is 12.5. The van der Waals surface area contributed by atoms with Gasteiger partial charge in [-0.15, -0.1) is 0 Å². The summed E-state index contributed by atoms with van der Waals surface area (Å²) >= 11 is 0. The third kappa shape index (κ3) is 2.51. The number of hydrogen-bond acceptors (Lipinski definition) is 3. The molecule has 1 atom stereocenters. The van der Waals surface area contributed by atoms with Crippen LogP contribution in [-0.2, 0) is 10.0 Å². The summed E-state index contributed by atoms with van der Waals surface area (Å²) in [6.45, 7) is 2.82. The Morgan fingerprint density at radius 1 is 1.35 bits per heavy atom. The van der Waals surface area contributed by atoms with Crippen molar-refractivity contribution < 1.29 is 8.42 Å². The molecule has 1 aromatic rings. The van der Waals surface area contributed by atoms with Crippen LogP contribution < -0.4 is 5.73 Å². The standard InChI is InChI=1S/C12H18N2O2S/c1-10-5-2-3-7-12(10)17(15,16)14-8-4-6-11(13)9-14/h2-3,5,7,11H,4,6,8-9,13H2,1H3/t11-/m1/s1. The SMILES string of the molecule is Cc1ccccc1S(=O)(=O)N1CCC[C@@H](N)C1. The number of nitrogens with zero attached hydrogens (tertiary/aromatic N) is 1. The lowest BCUT2D eigenvalue weighted by Crippen LogP contribution is -2.45. The first-order valence-electron chi connectivity index (χ1n) is 5.83. The maximum atomic E-state index is 12.4. The minimum absolute atomic E-state index is 0.0393. The molecule has 94 valence electrons. The molecule has 0 aromatic heterocycles. The Morgan fingerprint density at radius 2 is 2.06 bits per heavy atom. The number of piperidine rings is 1. The maximum Gasteiger partial charge on any atom is 0.243 e. The molecule has 0 bridgehead atoms. The van der Waals surface area contributed by atoms with Gasteiger partial charge in [-0.05, 0) is 31.4 Å². The van der Waals surface area contributed by atoms with Gasteiger partial charge < -0.3 is 5.73 Å². The Kier molecular flexibility index (Phi) is 3.51. The van der Waals surface area contributed by atoms with Gasteiger partial charge in [-0.3, -0.25) is 0 Å². The molecule has 0 amide bonds. The van der Waals surface area contributed by atoms with E-state index < -0.39 is 10.0 Å². The van der Waals surface area contributed by atoms with E-state index in [-0.39, 0.29) is 6.04 Å². The summed E-state index contributed by atoms with van der Waals surface area (Å²) in [5.74, 6) is 0. The van der Waals surface area contributed by atoms with Crippen LogP contribution >= 0.6 is 0 Å². The highest BCUT2D eigenvalue weighted by Crippen LogP contribution is 2.22. The van der Waals surface area contributed by atoms with Crippen LogP contribution in [0.5, 0.6) is 0 Å². The molecule has 0 saturated carbocycles. The minimum atomic E-state index is -3.37. The minimum Gasteiger partial charge on any atom is -0.327 e. The summed E-state index contributed by atoms with van der Waals surface area (Å²) in [5, 5.41) is 0. The molecule has 0 aliphatic carbocycles. The van der Waals surface area contributed by atoms with Crippen molar-refractivity contribution in [3.05, 3.63) is 29.8 Å². The predicted octanol–water partition coefficient (Wildman–Crippen LogP) is 1.11. The molecule has 4 nitrogen and oxygen atoms in total. The van der Waals surface area contributed by atoms with E-state index in [9.17, 15) is 8.42 Å². The summed E-state index contributed by atoms with van der Waals surface area (Å²) in [5.41, 5.74) is 6.62. The van der Waals surface area contributed by atoms with Crippen molar-refractivity contribution in [2.75, 3.05) is 13.1 Å². The Morgan fingerprint density at radius 3 is 2.71 bits per heavy atom. The lowest BCUT2D eigenvalue weighted by Gasteiger charge is -2.30. The molecule has 2 rings (SSSR count). The van der Waals surface area contributed by atoms with Gasteiger partial charge in [0.15, 0.2) is 0 Å². The Labute approximate surface area is 102 Å². The maximum absolute atomic E-state index is 12.4. The van der Waals surface area contributed by atoms with Gasteiger partial charge >= 0.3 is 0 Å². The van der Waals surface area contributed by atoms with Crippen LogP contribution in [0.3, 0.4) is 0 Å². The van der Waals surface area contributed by atoms with Gasteiger partial charge in [0.1, 0.15) is 0 Å². The third-order valence-electron chi connectivity index (χ3n) is 3.13. The van der Waals surface area contributed by atoms with Gasteiger partial charge in [0, 0.05) is 19.1 Å². The Bertz CT molecular complexity index is 499. The number of benzene rings is 1. The van der Waals surface area contributed by atoms with Crippen molar-refractivity contribution >= 4 is 10.0 Å². The second kappa shape index (κ2) is 4.76. The lowest BCUT2D eigenvalue weighted by molar-refractivity contribution is 0.316. The van der Waals surface area contributed by atoms with Crippen molar-refractivity contribution in [1.82, 2.24) is 4.31 Å². The first kappa shape index (κ1) is 12.5. The van der Waals surface area contributed by atoms with Crippen LogP contribution in [0.2, 0.25) is 0 Å². The number of sulfonamides is 1. The van der Waals surface area contributed by atoms with Crippen molar-refractivity contribution in [1.29, 1.82) is 0 Å². The molecule has 17 heavy (non-hydrogen) atoms. The fourth-order valence-corrected chi connectivity index (χ4v) is 3.94. The molecular weight excluding hydrogens is 236 g/mol. The first-order valence-corrected chi connectivity index (χ1v) is 7.27. The van der Waals surface area contributed by atoms with E-state index in [4.69, 9.17) is 5.73 Å². The predicted molar refractivity (Wildman–Crippen MR) is 67.1 cm³/mol. The van der Waals surface area contributed by atoms with E-state index in [1.807, 2.05) is 19.1 Å². The Hall–Kier alpha value is -0.910. The zero-order valence-electron chi connectivity index (χ0n) is 9.96. The van der Waals surface area contributed by atoms with Crippen LogP contribution in [-0.4, -0.2) is 31.9 Å². The highest BCUT2D eigenvalue weighted by Gasteiger charge is 2.29. The van der Waals surface area contributed by atoms with Crippen molar-refractivity contribution in [2.24, 2.45) is 5.73 Å². The van der Waals surface area contributed by atoms with E-state index >= 15 is 0 Å². The monoisotopic (exact) mass is 254 g/mol. The zero-order valence-corrected chi connectivity index (χ0v) is 10.8. The van der Waals surface area contributed by atoms with Gasteiger partial charge in [-0.2, -0.15) is 4.31 Å². The first-order chi connectivity index (χ1) is 8.01. The highest BCUT2D eigenvalue weighted by atomic mass is 32.2. The van der Waals surface area contributed by atoms with E-state index in [1.165, 1.54) is 4.31 Å². The van der Waals surface area contributed by atoms with Crippen molar-refractivity contribution in [2.45, 2.75) is 30.7 Å². The normalized spacial score (nSPS) is 22.6. The van der Waals surface area contributed by atoms with Crippen molar-refractivity contribution in [3.8, 4) is 0 Å². The lowest BCUT2D eigenvalue weighted by atomic mass is 10.1. The molecule has 1 heterocycles. The molecular formula is C12H18N2O2S. The van der Waals surface area contributed by atoms with E-state index in [0.717, 1.165) is 18.4 Å². The average Bonchev–Trinajstić information content (AvgIpc) is 2.29. The molecule has 1 fully saturated rings. The third-order valence-corrected chi connectivity index (χ3v) is 5.16. The van der Waals surface area contributed by atoms with Gasteiger partial charge in [0.05, 0.1) is 4.90 Å². The van der Waals surface area contributed by atoms with Crippen LogP contribution in [0.25, 0.3) is 0 Å². The smallest absolute Gasteiger partial charge is 0.243 e. The molecule has 5 heteroatoms. The average molecular weight is 254 g/mol. The second-order valence-corrected chi connectivity index (χ2v) is 6.44. The molecule has 0 unspecified atom stereocenters. The number of nitrogens with two attached hydrogens (primary N) is 1. The molecule has 2 N–H and O–H groups in total. The van der Waals surface area contributed by atoms with Crippen LogP contribution in [0.15, 0.2) is 29.2 Å². The van der Waals surface area contributed by atoms with Gasteiger partial charge in [0.2, 0.25) is 10.0 Å². The van der Waals surface area contributed by atoms with E-state index in [2.05, 4.69) is 0 Å². The Balaban J connectivity index is 2.33. The molecule has 1 aromatic carbocycles. The van der Waals surface area contributed by atoms with Gasteiger partial charge in [-0.25, -0.2) is 8.42 Å². The fourth-order valence-electron chi connectivity index (χ4n) is 2.18. The topological polar surface area (TPSA) is 63.4 Å². The van der Waals surface area contributed by atoms with Crippen LogP contribution in [0.4, 0.5) is 0 Å². The summed E-state index contributed by atoms with van der Waals surface area (Å²) in [6.07, 6.45) is 1.74. The highest BCUT2D eigenvalue weighted by molar-refractivity contribution is 7.89. The number of aryl methyl sites for hydroxylation is 1. The van der Waals surface area contributed by atoms with Gasteiger partial charge in [-0.1, -0.05) is 18.2 Å². The van der Waals surface area contributed by atoms with Gasteiger partial charge in [0.25, 0.3) is 0 Å². The summed E-state index contributed by atoms with van der Waals surface area (Å²) in [6, 6.07) is 7.03. The van der Waals surface area contributed by atoms with Crippen molar-refractivity contribution in [3.63, 3.8) is 0 Å². The van der Waals surface area contributed by atoms with E-state index in [1.54, 1.807) is 12.1 Å². The quantitative estimate of drug-likeness (QED) is 0.860. The number of hydrogen-bond donors (Lipinski definition) is 1. The summed E-state index contributed by atoms with van der Waals surface area (Å²) in [4.78, 5) is 0.397. The molecule has 0 radical (unpaired) electrons.